The van der Waals surface area contributed by atoms with Gasteiger partial charge in [-0.25, -0.2) is 0 Å². The van der Waals surface area contributed by atoms with Crippen molar-refractivity contribution in [3.8, 4) is 23.0 Å². The van der Waals surface area contributed by atoms with E-state index in [2.05, 4.69) is 15.5 Å². The van der Waals surface area contributed by atoms with Gasteiger partial charge in [-0.1, -0.05) is 41.6 Å². The van der Waals surface area contributed by atoms with E-state index in [9.17, 15) is 4.79 Å². The molecule has 8 heteroatoms. The molecule has 0 fully saturated rings. The van der Waals surface area contributed by atoms with E-state index in [0.29, 0.717) is 30.0 Å². The highest BCUT2D eigenvalue weighted by atomic mass is 32.2. The van der Waals surface area contributed by atoms with E-state index in [1.807, 2.05) is 55.5 Å². The number of hydrogen-bond donors (Lipinski definition) is 1. The van der Waals surface area contributed by atoms with Crippen LogP contribution in [0.1, 0.15) is 5.56 Å². The second kappa shape index (κ2) is 8.35. The van der Waals surface area contributed by atoms with Gasteiger partial charge >= 0.3 is 0 Å². The van der Waals surface area contributed by atoms with Crippen molar-refractivity contribution >= 4 is 17.7 Å². The number of aromatic nitrogens is 2. The van der Waals surface area contributed by atoms with Gasteiger partial charge < -0.3 is 19.2 Å². The van der Waals surface area contributed by atoms with Crippen molar-refractivity contribution in [2.75, 3.05) is 18.9 Å². The Kier molecular flexibility index (Phi) is 5.48. The summed E-state index contributed by atoms with van der Waals surface area (Å²) in [5.74, 6) is 1.90. The zero-order valence-corrected chi connectivity index (χ0v) is 16.1. The third-order valence-electron chi connectivity index (χ3n) is 4.09. The number of amides is 1. The van der Waals surface area contributed by atoms with Crippen molar-refractivity contribution < 1.29 is 18.7 Å². The van der Waals surface area contributed by atoms with Crippen molar-refractivity contribution in [1.82, 2.24) is 15.5 Å². The van der Waals surface area contributed by atoms with Crippen molar-refractivity contribution in [1.29, 1.82) is 0 Å². The molecule has 1 amide bonds. The van der Waals surface area contributed by atoms with Gasteiger partial charge in [-0.3, -0.25) is 4.79 Å². The lowest BCUT2D eigenvalue weighted by atomic mass is 10.1. The molecule has 0 saturated heterocycles. The number of nitrogens with one attached hydrogen (secondary N) is 1. The van der Waals surface area contributed by atoms with Crippen LogP contribution < -0.4 is 14.8 Å². The summed E-state index contributed by atoms with van der Waals surface area (Å²) in [5, 5.41) is 11.2. The summed E-state index contributed by atoms with van der Waals surface area (Å²) in [6.45, 7) is 2.76. The molecule has 28 heavy (non-hydrogen) atoms. The Bertz CT molecular complexity index is 975. The van der Waals surface area contributed by atoms with E-state index in [0.717, 1.165) is 16.9 Å². The Hall–Kier alpha value is -3.00. The summed E-state index contributed by atoms with van der Waals surface area (Å²) in [4.78, 5) is 12.1. The van der Waals surface area contributed by atoms with Crippen molar-refractivity contribution in [2.24, 2.45) is 0 Å². The fourth-order valence-electron chi connectivity index (χ4n) is 2.73. The number of hydrogen-bond acceptors (Lipinski definition) is 7. The molecule has 0 aliphatic carbocycles. The minimum absolute atomic E-state index is 0.136. The van der Waals surface area contributed by atoms with Crippen molar-refractivity contribution in [3.63, 3.8) is 0 Å². The highest BCUT2D eigenvalue weighted by Crippen LogP contribution is 2.30. The summed E-state index contributed by atoms with van der Waals surface area (Å²) in [6.07, 6.45) is -0.222. The number of thioether (sulfide) groups is 1. The van der Waals surface area contributed by atoms with Crippen LogP contribution in [0.25, 0.3) is 11.5 Å². The van der Waals surface area contributed by atoms with Crippen LogP contribution in [-0.2, 0) is 4.79 Å². The Balaban J connectivity index is 1.24. The molecule has 0 spiro atoms. The summed E-state index contributed by atoms with van der Waals surface area (Å²) in [7, 11) is 0. The quantitative estimate of drug-likeness (QED) is 0.640. The van der Waals surface area contributed by atoms with Crippen LogP contribution >= 0.6 is 11.8 Å². The van der Waals surface area contributed by atoms with Crippen LogP contribution in [0.4, 0.5) is 0 Å². The molecule has 0 radical (unpaired) electrons. The van der Waals surface area contributed by atoms with Gasteiger partial charge in [0.15, 0.2) is 11.5 Å². The van der Waals surface area contributed by atoms with E-state index in [1.54, 1.807) is 0 Å². The Morgan fingerprint density at radius 1 is 1.18 bits per heavy atom. The number of carbonyl (C=O) groups is 1. The van der Waals surface area contributed by atoms with Gasteiger partial charge in [-0.15, -0.1) is 10.2 Å². The number of fused-ring (bicyclic) bond motifs is 1. The Labute approximate surface area is 166 Å². The van der Waals surface area contributed by atoms with Gasteiger partial charge in [0.05, 0.1) is 12.3 Å². The minimum Gasteiger partial charge on any atom is -0.486 e. The lowest BCUT2D eigenvalue weighted by Crippen LogP contribution is -2.41. The molecule has 0 saturated carbocycles. The third-order valence-corrected chi connectivity index (χ3v) is 4.91. The summed E-state index contributed by atoms with van der Waals surface area (Å²) >= 11 is 1.20. The van der Waals surface area contributed by atoms with Crippen LogP contribution in [0.5, 0.6) is 11.5 Å². The zero-order valence-electron chi connectivity index (χ0n) is 15.3. The summed E-state index contributed by atoms with van der Waals surface area (Å²) in [6, 6.07) is 15.3. The zero-order chi connectivity index (χ0) is 19.3. The molecule has 3 aromatic rings. The van der Waals surface area contributed by atoms with Gasteiger partial charge in [0.25, 0.3) is 5.22 Å². The molecule has 0 bridgehead atoms. The first kappa shape index (κ1) is 18.4. The molecule has 7 nitrogen and oxygen atoms in total. The van der Waals surface area contributed by atoms with Crippen LogP contribution in [-0.4, -0.2) is 41.1 Å². The molecular weight excluding hydrogens is 378 g/mol. The monoisotopic (exact) mass is 397 g/mol. The number of benzene rings is 2. The number of nitrogens with zero attached hydrogens (tertiary/aromatic N) is 2. The van der Waals surface area contributed by atoms with Gasteiger partial charge in [0.1, 0.15) is 12.7 Å². The Morgan fingerprint density at radius 2 is 2.04 bits per heavy atom. The molecule has 0 unspecified atom stereocenters. The predicted molar refractivity (Wildman–Crippen MR) is 105 cm³/mol. The lowest BCUT2D eigenvalue weighted by molar-refractivity contribution is -0.119. The fraction of sp³-hybridized carbons (Fsp3) is 0.250. The van der Waals surface area contributed by atoms with Crippen LogP contribution in [0.2, 0.25) is 0 Å². The minimum atomic E-state index is -0.222. The van der Waals surface area contributed by atoms with Gasteiger partial charge in [0, 0.05) is 5.56 Å². The van der Waals surface area contributed by atoms with E-state index in [-0.39, 0.29) is 17.8 Å². The average Bonchev–Trinajstić information content (AvgIpc) is 3.20. The maximum absolute atomic E-state index is 12.1. The van der Waals surface area contributed by atoms with Crippen molar-refractivity contribution in [2.45, 2.75) is 18.3 Å². The standard InChI is InChI=1S/C20H19N3O4S/c1-13-5-4-6-14(9-13)19-22-23-20(27-19)28-12-18(24)21-10-15-11-25-16-7-2-3-8-17(16)26-15/h2-9,15H,10-12H2,1H3,(H,21,24)/t15-/m0/s1. The SMILES string of the molecule is Cc1cccc(-c2nnc(SCC(=O)NC[C@H]3COc4ccccc4O3)o2)c1. The summed E-state index contributed by atoms with van der Waals surface area (Å²) in [5.41, 5.74) is 1.97. The van der Waals surface area contributed by atoms with Gasteiger partial charge in [0.2, 0.25) is 11.8 Å². The molecule has 144 valence electrons. The molecule has 4 rings (SSSR count). The first-order valence-electron chi connectivity index (χ1n) is 8.86. The average molecular weight is 397 g/mol. The molecule has 1 aromatic heterocycles. The molecule has 1 atom stereocenters. The molecular formula is C20H19N3O4S. The molecule has 1 aliphatic rings. The van der Waals surface area contributed by atoms with E-state index in [1.165, 1.54) is 11.8 Å². The van der Waals surface area contributed by atoms with Gasteiger partial charge in [-0.2, -0.15) is 0 Å². The topological polar surface area (TPSA) is 86.5 Å². The van der Waals surface area contributed by atoms with E-state index < -0.39 is 0 Å². The molecule has 2 heterocycles. The lowest BCUT2D eigenvalue weighted by Gasteiger charge is -2.26. The number of ether oxygens (including phenoxy) is 2. The fourth-order valence-corrected chi connectivity index (χ4v) is 3.33. The second-order valence-corrected chi connectivity index (χ2v) is 7.26. The summed E-state index contributed by atoms with van der Waals surface area (Å²) < 4.78 is 17.1. The molecule has 1 N–H and O–H groups in total. The number of rotatable bonds is 6. The second-order valence-electron chi connectivity index (χ2n) is 6.33. The van der Waals surface area contributed by atoms with Crippen LogP contribution in [0, 0.1) is 6.92 Å². The number of aryl methyl sites for hydroxylation is 1. The first-order valence-corrected chi connectivity index (χ1v) is 9.84. The van der Waals surface area contributed by atoms with Crippen molar-refractivity contribution in [3.05, 3.63) is 54.1 Å². The van der Waals surface area contributed by atoms with E-state index >= 15 is 0 Å². The highest BCUT2D eigenvalue weighted by molar-refractivity contribution is 7.99. The third kappa shape index (κ3) is 4.45. The smallest absolute Gasteiger partial charge is 0.277 e. The maximum Gasteiger partial charge on any atom is 0.277 e. The largest absolute Gasteiger partial charge is 0.486 e. The normalized spacial score (nSPS) is 15.2. The maximum atomic E-state index is 12.1. The number of carbonyl (C=O) groups excluding carboxylic acids is 1. The molecule has 1 aliphatic heterocycles. The van der Waals surface area contributed by atoms with Gasteiger partial charge in [-0.05, 0) is 31.2 Å². The highest BCUT2D eigenvalue weighted by Gasteiger charge is 2.21. The Morgan fingerprint density at radius 3 is 2.89 bits per heavy atom. The van der Waals surface area contributed by atoms with Crippen LogP contribution in [0.15, 0.2) is 58.2 Å². The van der Waals surface area contributed by atoms with Crippen LogP contribution in [0.3, 0.4) is 0 Å². The van der Waals surface area contributed by atoms with E-state index in [4.69, 9.17) is 13.9 Å². The predicted octanol–water partition coefficient (Wildman–Crippen LogP) is 3.09. The first-order chi connectivity index (χ1) is 13.7. The number of para-hydroxylation sites is 2. The molecule has 2 aromatic carbocycles.